The van der Waals surface area contributed by atoms with E-state index in [4.69, 9.17) is 5.84 Å². The molecule has 0 bridgehead atoms. The first kappa shape index (κ1) is 15.1. The number of nitrogens with two attached hydrogens (primary N) is 1. The first-order valence-corrected chi connectivity index (χ1v) is 6.73. The van der Waals surface area contributed by atoms with Gasteiger partial charge in [-0.25, -0.2) is 10.8 Å². The minimum absolute atomic E-state index is 0.0801. The van der Waals surface area contributed by atoms with Gasteiger partial charge in [0.1, 0.15) is 6.20 Å². The summed E-state index contributed by atoms with van der Waals surface area (Å²) in [6.07, 6.45) is 1.11. The molecule has 0 aliphatic carbocycles. The van der Waals surface area contributed by atoms with Crippen molar-refractivity contribution in [2.24, 2.45) is 5.84 Å². The highest BCUT2D eigenvalue weighted by Gasteiger charge is 2.18. The van der Waals surface area contributed by atoms with Crippen LogP contribution in [0.25, 0.3) is 0 Å². The van der Waals surface area contributed by atoms with Crippen molar-refractivity contribution in [2.75, 3.05) is 10.7 Å². The summed E-state index contributed by atoms with van der Waals surface area (Å²) in [5, 5.41) is 14.0. The average Bonchev–Trinajstić information content (AvgIpc) is 2.42. The molecule has 0 saturated carbocycles. The van der Waals surface area contributed by atoms with Crippen LogP contribution >= 0.6 is 15.9 Å². The zero-order valence-corrected chi connectivity index (χ0v) is 12.9. The van der Waals surface area contributed by atoms with Gasteiger partial charge in [0.05, 0.1) is 4.92 Å². The topological polar surface area (TPSA) is 119 Å². The number of hydrogen-bond acceptors (Lipinski definition) is 7. The van der Waals surface area contributed by atoms with E-state index in [0.29, 0.717) is 0 Å². The van der Waals surface area contributed by atoms with Gasteiger partial charge in [-0.05, 0) is 37.1 Å². The van der Waals surface area contributed by atoms with Crippen molar-refractivity contribution in [3.05, 3.63) is 44.0 Å². The van der Waals surface area contributed by atoms with Gasteiger partial charge in [0.2, 0.25) is 11.8 Å². The molecule has 21 heavy (non-hydrogen) atoms. The van der Waals surface area contributed by atoms with Crippen LogP contribution < -0.4 is 16.6 Å². The summed E-state index contributed by atoms with van der Waals surface area (Å²) in [4.78, 5) is 18.3. The fourth-order valence-corrected chi connectivity index (χ4v) is 2.58. The van der Waals surface area contributed by atoms with Crippen LogP contribution in [0.4, 0.5) is 23.1 Å². The molecule has 110 valence electrons. The van der Waals surface area contributed by atoms with Crippen molar-refractivity contribution in [1.29, 1.82) is 0 Å². The molecule has 0 unspecified atom stereocenters. The van der Waals surface area contributed by atoms with Crippen molar-refractivity contribution in [2.45, 2.75) is 13.8 Å². The second kappa shape index (κ2) is 6.02. The van der Waals surface area contributed by atoms with E-state index in [9.17, 15) is 10.1 Å². The van der Waals surface area contributed by atoms with Gasteiger partial charge in [0, 0.05) is 10.2 Å². The zero-order chi connectivity index (χ0) is 15.6. The number of rotatable bonds is 4. The smallest absolute Gasteiger partial charge is 0.329 e. The standard InChI is InChI=1S/C12H13BrN6O2/c1-6-3-8(13)4-7(2)10(6)16-11-9(19(20)21)5-15-12(17-11)18-14/h3-5H,14H2,1-2H3,(H2,15,16,17,18). The Hall–Kier alpha value is -2.26. The Morgan fingerprint density at radius 2 is 1.95 bits per heavy atom. The van der Waals surface area contributed by atoms with Crippen molar-refractivity contribution in [1.82, 2.24) is 9.97 Å². The molecule has 1 aromatic heterocycles. The minimum atomic E-state index is -0.549. The monoisotopic (exact) mass is 352 g/mol. The molecular weight excluding hydrogens is 340 g/mol. The lowest BCUT2D eigenvalue weighted by atomic mass is 10.1. The Balaban J connectivity index is 2.50. The highest BCUT2D eigenvalue weighted by Crippen LogP contribution is 2.31. The number of aromatic nitrogens is 2. The predicted octanol–water partition coefficient (Wildman–Crippen LogP) is 2.79. The summed E-state index contributed by atoms with van der Waals surface area (Å²) < 4.78 is 0.935. The SMILES string of the molecule is Cc1cc(Br)cc(C)c1Nc1nc(NN)ncc1[N+](=O)[O-]. The molecule has 0 amide bonds. The molecule has 0 radical (unpaired) electrons. The Morgan fingerprint density at radius 3 is 2.48 bits per heavy atom. The van der Waals surface area contributed by atoms with Crippen LogP contribution in [-0.4, -0.2) is 14.9 Å². The quantitative estimate of drug-likeness (QED) is 0.439. The van der Waals surface area contributed by atoms with Crippen LogP contribution in [0.15, 0.2) is 22.8 Å². The lowest BCUT2D eigenvalue weighted by Gasteiger charge is -2.13. The molecule has 0 fully saturated rings. The van der Waals surface area contributed by atoms with Crippen molar-refractivity contribution < 1.29 is 4.92 Å². The Bertz CT molecular complexity index is 683. The first-order chi connectivity index (χ1) is 9.92. The third-order valence-corrected chi connectivity index (χ3v) is 3.29. The molecule has 4 N–H and O–H groups in total. The lowest BCUT2D eigenvalue weighted by Crippen LogP contribution is -2.12. The number of nitrogens with one attached hydrogen (secondary N) is 2. The third-order valence-electron chi connectivity index (χ3n) is 2.84. The first-order valence-electron chi connectivity index (χ1n) is 5.94. The van der Waals surface area contributed by atoms with E-state index < -0.39 is 4.92 Å². The molecule has 9 heteroatoms. The van der Waals surface area contributed by atoms with Crippen molar-refractivity contribution >= 4 is 39.1 Å². The number of hydrogen-bond donors (Lipinski definition) is 3. The summed E-state index contributed by atoms with van der Waals surface area (Å²) >= 11 is 3.40. The Labute approximate surface area is 129 Å². The fourth-order valence-electron chi connectivity index (χ4n) is 1.90. The molecular formula is C12H13BrN6O2. The average molecular weight is 353 g/mol. The predicted molar refractivity (Wildman–Crippen MR) is 83.4 cm³/mol. The Kier molecular flexibility index (Phi) is 4.34. The van der Waals surface area contributed by atoms with E-state index in [1.54, 1.807) is 0 Å². The van der Waals surface area contributed by atoms with Crippen LogP contribution in [0.2, 0.25) is 0 Å². The molecule has 2 rings (SSSR count). The van der Waals surface area contributed by atoms with Gasteiger partial charge in [-0.3, -0.25) is 15.5 Å². The zero-order valence-electron chi connectivity index (χ0n) is 11.3. The van der Waals surface area contributed by atoms with Crippen molar-refractivity contribution in [3.8, 4) is 0 Å². The largest absolute Gasteiger partial charge is 0.334 e. The van der Waals surface area contributed by atoms with E-state index >= 15 is 0 Å². The summed E-state index contributed by atoms with van der Waals surface area (Å²) in [7, 11) is 0. The summed E-state index contributed by atoms with van der Waals surface area (Å²) in [6.45, 7) is 3.80. The van der Waals surface area contributed by atoms with Crippen molar-refractivity contribution in [3.63, 3.8) is 0 Å². The number of nitro groups is 1. The maximum absolute atomic E-state index is 11.1. The van der Waals surface area contributed by atoms with E-state index in [-0.39, 0.29) is 17.5 Å². The molecule has 1 heterocycles. The number of hydrazine groups is 1. The molecule has 2 aromatic rings. The van der Waals surface area contributed by atoms with E-state index in [2.05, 4.69) is 36.6 Å². The van der Waals surface area contributed by atoms with Gasteiger partial charge < -0.3 is 5.32 Å². The van der Waals surface area contributed by atoms with Gasteiger partial charge in [-0.15, -0.1) is 0 Å². The third kappa shape index (κ3) is 3.26. The minimum Gasteiger partial charge on any atom is -0.334 e. The van der Waals surface area contributed by atoms with Crippen LogP contribution in [0, 0.1) is 24.0 Å². The van der Waals surface area contributed by atoms with E-state index in [0.717, 1.165) is 27.5 Å². The molecule has 1 aromatic carbocycles. The second-order valence-electron chi connectivity index (χ2n) is 4.37. The molecule has 0 saturated heterocycles. The highest BCUT2D eigenvalue weighted by atomic mass is 79.9. The summed E-state index contributed by atoms with van der Waals surface area (Å²) in [6, 6.07) is 3.81. The van der Waals surface area contributed by atoms with Gasteiger partial charge >= 0.3 is 5.69 Å². The maximum atomic E-state index is 11.1. The molecule has 0 aliphatic rings. The Morgan fingerprint density at radius 1 is 1.33 bits per heavy atom. The molecule has 0 atom stereocenters. The number of halogens is 1. The number of anilines is 3. The number of nitrogen functional groups attached to an aromatic ring is 1. The van der Waals surface area contributed by atoms with Crippen LogP contribution in [0.5, 0.6) is 0 Å². The highest BCUT2D eigenvalue weighted by molar-refractivity contribution is 9.10. The number of aryl methyl sites for hydroxylation is 2. The summed E-state index contributed by atoms with van der Waals surface area (Å²) in [5.41, 5.74) is 4.65. The lowest BCUT2D eigenvalue weighted by molar-refractivity contribution is -0.384. The van der Waals surface area contributed by atoms with Gasteiger partial charge in [0.15, 0.2) is 0 Å². The van der Waals surface area contributed by atoms with Gasteiger partial charge in [0.25, 0.3) is 0 Å². The number of nitrogens with zero attached hydrogens (tertiary/aromatic N) is 3. The normalized spacial score (nSPS) is 10.3. The maximum Gasteiger partial charge on any atom is 0.329 e. The van der Waals surface area contributed by atoms with Crippen LogP contribution in [0.1, 0.15) is 11.1 Å². The summed E-state index contributed by atoms with van der Waals surface area (Å²) in [5.74, 6) is 5.41. The molecule has 8 nitrogen and oxygen atoms in total. The van der Waals surface area contributed by atoms with E-state index in [1.807, 2.05) is 26.0 Å². The van der Waals surface area contributed by atoms with Gasteiger partial charge in [-0.2, -0.15) is 4.98 Å². The van der Waals surface area contributed by atoms with E-state index in [1.165, 1.54) is 0 Å². The number of benzene rings is 1. The second-order valence-corrected chi connectivity index (χ2v) is 5.28. The molecule has 0 aliphatic heterocycles. The van der Waals surface area contributed by atoms with Crippen LogP contribution in [-0.2, 0) is 0 Å². The molecule has 0 spiro atoms. The fraction of sp³-hybridized carbons (Fsp3) is 0.167. The van der Waals surface area contributed by atoms with Gasteiger partial charge in [-0.1, -0.05) is 15.9 Å². The van der Waals surface area contributed by atoms with Crippen LogP contribution in [0.3, 0.4) is 0 Å².